The number of ether oxygens (including phenoxy) is 3. The summed E-state index contributed by atoms with van der Waals surface area (Å²) in [5.74, 6) is 0.985. The van der Waals surface area contributed by atoms with E-state index in [2.05, 4.69) is 5.32 Å². The molecule has 0 unspecified atom stereocenters. The lowest BCUT2D eigenvalue weighted by atomic mass is 10.2. The first-order valence-electron chi connectivity index (χ1n) is 7.94. The van der Waals surface area contributed by atoms with E-state index in [-0.39, 0.29) is 24.8 Å². The number of amides is 1. The van der Waals surface area contributed by atoms with Crippen LogP contribution in [0, 0.1) is 17.1 Å². The molecule has 0 atom stereocenters. The SMILES string of the molecule is COc1cc(CNC(=O)CC#N)ccc1OCCOc1ccc(F)cc1. The lowest BCUT2D eigenvalue weighted by molar-refractivity contribution is -0.120. The first-order valence-corrected chi connectivity index (χ1v) is 7.94. The Kier molecular flexibility index (Phi) is 7.25. The maximum Gasteiger partial charge on any atom is 0.234 e. The third-order valence-corrected chi connectivity index (χ3v) is 3.38. The highest BCUT2D eigenvalue weighted by Gasteiger charge is 2.07. The maximum atomic E-state index is 12.8. The van der Waals surface area contributed by atoms with E-state index in [0.717, 1.165) is 5.56 Å². The van der Waals surface area contributed by atoms with Crippen LogP contribution in [-0.2, 0) is 11.3 Å². The van der Waals surface area contributed by atoms with Crippen molar-refractivity contribution in [1.29, 1.82) is 5.26 Å². The molecule has 2 aromatic rings. The van der Waals surface area contributed by atoms with Crippen molar-refractivity contribution in [2.75, 3.05) is 20.3 Å². The molecule has 2 aromatic carbocycles. The van der Waals surface area contributed by atoms with Gasteiger partial charge in [0.1, 0.15) is 31.2 Å². The fraction of sp³-hybridized carbons (Fsp3) is 0.263. The van der Waals surface area contributed by atoms with E-state index >= 15 is 0 Å². The molecule has 2 rings (SSSR count). The molecule has 0 aromatic heterocycles. The quantitative estimate of drug-likeness (QED) is 0.697. The maximum absolute atomic E-state index is 12.8. The van der Waals surface area contributed by atoms with Crippen molar-refractivity contribution < 1.29 is 23.4 Å². The number of carbonyl (C=O) groups is 1. The van der Waals surface area contributed by atoms with Gasteiger partial charge in [0.05, 0.1) is 13.2 Å². The van der Waals surface area contributed by atoms with Crippen molar-refractivity contribution >= 4 is 5.91 Å². The molecule has 26 heavy (non-hydrogen) atoms. The number of nitrogens with one attached hydrogen (secondary N) is 1. The van der Waals surface area contributed by atoms with Crippen molar-refractivity contribution in [3.8, 4) is 23.3 Å². The van der Waals surface area contributed by atoms with E-state index in [1.807, 2.05) is 0 Å². The van der Waals surface area contributed by atoms with Crippen LogP contribution in [0.4, 0.5) is 4.39 Å². The number of carbonyl (C=O) groups excluding carboxylic acids is 1. The summed E-state index contributed by atoms with van der Waals surface area (Å²) >= 11 is 0. The molecule has 0 bridgehead atoms. The highest BCUT2D eigenvalue weighted by Crippen LogP contribution is 2.28. The van der Waals surface area contributed by atoms with E-state index in [0.29, 0.717) is 30.4 Å². The van der Waals surface area contributed by atoms with Crippen molar-refractivity contribution in [3.63, 3.8) is 0 Å². The van der Waals surface area contributed by atoms with Gasteiger partial charge in [0, 0.05) is 6.54 Å². The Morgan fingerprint density at radius 3 is 2.54 bits per heavy atom. The van der Waals surface area contributed by atoms with Gasteiger partial charge < -0.3 is 19.5 Å². The second-order valence-corrected chi connectivity index (χ2v) is 5.25. The molecule has 0 radical (unpaired) electrons. The van der Waals surface area contributed by atoms with Crippen molar-refractivity contribution in [2.24, 2.45) is 0 Å². The van der Waals surface area contributed by atoms with Gasteiger partial charge in [0.2, 0.25) is 5.91 Å². The van der Waals surface area contributed by atoms with Crippen LogP contribution >= 0.6 is 0 Å². The molecule has 136 valence electrons. The van der Waals surface area contributed by atoms with E-state index in [9.17, 15) is 9.18 Å². The summed E-state index contributed by atoms with van der Waals surface area (Å²) in [5, 5.41) is 11.1. The van der Waals surface area contributed by atoms with Gasteiger partial charge in [0.25, 0.3) is 0 Å². The number of rotatable bonds is 9. The van der Waals surface area contributed by atoms with Crippen LogP contribution in [0.2, 0.25) is 0 Å². The monoisotopic (exact) mass is 358 g/mol. The summed E-state index contributed by atoms with van der Waals surface area (Å²) in [7, 11) is 1.52. The normalized spacial score (nSPS) is 9.88. The van der Waals surface area contributed by atoms with E-state index in [4.69, 9.17) is 19.5 Å². The number of methoxy groups -OCH3 is 1. The van der Waals surface area contributed by atoms with Gasteiger partial charge in [-0.2, -0.15) is 5.26 Å². The van der Waals surface area contributed by atoms with Gasteiger partial charge in [-0.1, -0.05) is 6.07 Å². The molecule has 0 fully saturated rings. The van der Waals surface area contributed by atoms with Gasteiger partial charge >= 0.3 is 0 Å². The molecule has 6 nitrogen and oxygen atoms in total. The number of halogens is 1. The Balaban J connectivity index is 1.83. The standard InChI is InChI=1S/C19H19FN2O4/c1-24-18-12-14(13-22-19(23)8-9-21)2-7-17(18)26-11-10-25-16-5-3-15(20)4-6-16/h2-7,12H,8,10-11,13H2,1H3,(H,22,23). The molecular formula is C19H19FN2O4. The number of hydrogen-bond donors (Lipinski definition) is 1. The Morgan fingerprint density at radius 2 is 1.85 bits per heavy atom. The smallest absolute Gasteiger partial charge is 0.234 e. The third kappa shape index (κ3) is 5.98. The average molecular weight is 358 g/mol. The number of nitriles is 1. The number of benzene rings is 2. The Morgan fingerprint density at radius 1 is 1.12 bits per heavy atom. The summed E-state index contributed by atoms with van der Waals surface area (Å²) in [6, 6.07) is 12.8. The predicted octanol–water partition coefficient (Wildman–Crippen LogP) is 2.82. The van der Waals surface area contributed by atoms with Crippen LogP contribution < -0.4 is 19.5 Å². The van der Waals surface area contributed by atoms with Gasteiger partial charge in [-0.25, -0.2) is 4.39 Å². The lowest BCUT2D eigenvalue weighted by Crippen LogP contribution is -2.21. The van der Waals surface area contributed by atoms with Crippen LogP contribution in [0.5, 0.6) is 17.2 Å². The lowest BCUT2D eigenvalue weighted by Gasteiger charge is -2.13. The van der Waals surface area contributed by atoms with Crippen LogP contribution in [-0.4, -0.2) is 26.2 Å². The molecule has 0 saturated carbocycles. The van der Waals surface area contributed by atoms with Crippen LogP contribution in [0.3, 0.4) is 0 Å². The molecule has 0 aliphatic rings. The largest absolute Gasteiger partial charge is 0.493 e. The summed E-state index contributed by atoms with van der Waals surface area (Å²) in [6.07, 6.45) is -0.174. The van der Waals surface area contributed by atoms with Crippen LogP contribution in [0.15, 0.2) is 42.5 Å². The molecule has 0 spiro atoms. The zero-order valence-electron chi connectivity index (χ0n) is 14.3. The van der Waals surface area contributed by atoms with Crippen molar-refractivity contribution in [1.82, 2.24) is 5.32 Å². The third-order valence-electron chi connectivity index (χ3n) is 3.38. The molecule has 0 heterocycles. The van der Waals surface area contributed by atoms with Gasteiger partial charge in [-0.05, 0) is 42.0 Å². The minimum absolute atomic E-state index is 0.174. The molecule has 0 saturated heterocycles. The molecule has 0 aliphatic carbocycles. The molecule has 7 heteroatoms. The zero-order valence-corrected chi connectivity index (χ0v) is 14.3. The van der Waals surface area contributed by atoms with Gasteiger partial charge in [0.15, 0.2) is 11.5 Å². The Hall–Kier alpha value is -3.27. The summed E-state index contributed by atoms with van der Waals surface area (Å²) in [5.41, 5.74) is 0.822. The Labute approximate surface area is 151 Å². The van der Waals surface area contributed by atoms with E-state index < -0.39 is 0 Å². The van der Waals surface area contributed by atoms with Gasteiger partial charge in [-0.15, -0.1) is 0 Å². The molecule has 0 aliphatic heterocycles. The fourth-order valence-corrected chi connectivity index (χ4v) is 2.12. The average Bonchev–Trinajstić information content (AvgIpc) is 2.65. The summed E-state index contributed by atoms with van der Waals surface area (Å²) in [6.45, 7) is 0.873. The first kappa shape index (κ1) is 19.1. The Bertz CT molecular complexity index is 772. The number of hydrogen-bond acceptors (Lipinski definition) is 5. The molecular weight excluding hydrogens is 339 g/mol. The first-order chi connectivity index (χ1) is 12.6. The number of nitrogens with zero attached hydrogens (tertiary/aromatic N) is 1. The summed E-state index contributed by atoms with van der Waals surface area (Å²) < 4.78 is 29.2. The topological polar surface area (TPSA) is 80.6 Å². The second kappa shape index (κ2) is 9.89. The molecule has 1 N–H and O–H groups in total. The minimum atomic E-state index is -0.329. The highest BCUT2D eigenvalue weighted by atomic mass is 19.1. The van der Waals surface area contributed by atoms with Crippen molar-refractivity contribution in [2.45, 2.75) is 13.0 Å². The van der Waals surface area contributed by atoms with Gasteiger partial charge in [-0.3, -0.25) is 4.79 Å². The summed E-state index contributed by atoms with van der Waals surface area (Å²) in [4.78, 5) is 11.3. The predicted molar refractivity (Wildman–Crippen MR) is 92.5 cm³/mol. The van der Waals surface area contributed by atoms with Crippen LogP contribution in [0.25, 0.3) is 0 Å². The highest BCUT2D eigenvalue weighted by molar-refractivity contribution is 5.77. The fourth-order valence-electron chi connectivity index (χ4n) is 2.12. The van der Waals surface area contributed by atoms with Crippen LogP contribution in [0.1, 0.15) is 12.0 Å². The minimum Gasteiger partial charge on any atom is -0.493 e. The zero-order chi connectivity index (χ0) is 18.8. The van der Waals surface area contributed by atoms with E-state index in [1.54, 1.807) is 36.4 Å². The van der Waals surface area contributed by atoms with Crippen molar-refractivity contribution in [3.05, 3.63) is 53.8 Å². The second-order valence-electron chi connectivity index (χ2n) is 5.25. The molecule has 1 amide bonds. The van der Waals surface area contributed by atoms with E-state index in [1.165, 1.54) is 19.2 Å².